The van der Waals surface area contributed by atoms with Crippen molar-refractivity contribution < 1.29 is 19.1 Å². The summed E-state index contributed by atoms with van der Waals surface area (Å²) in [7, 11) is 0. The Labute approximate surface area is 128 Å². The van der Waals surface area contributed by atoms with E-state index in [1.54, 1.807) is 12.1 Å². The number of nitrogens with one attached hydrogen (secondary N) is 1. The summed E-state index contributed by atoms with van der Waals surface area (Å²) in [5.74, 6) is -1.77. The fourth-order valence-electron chi connectivity index (χ4n) is 1.72. The number of aromatic carboxylic acids is 1. The normalized spacial score (nSPS) is 10.2. The molecule has 0 unspecified atom stereocenters. The summed E-state index contributed by atoms with van der Waals surface area (Å²) in [6.07, 6.45) is 0. The van der Waals surface area contributed by atoms with Gasteiger partial charge in [-0.1, -0.05) is 12.1 Å². The Hall–Kier alpha value is -2.21. The van der Waals surface area contributed by atoms with E-state index in [4.69, 9.17) is 5.11 Å². The number of rotatable bonds is 4. The second-order valence-corrected chi connectivity index (χ2v) is 5.16. The molecule has 0 aliphatic heterocycles. The van der Waals surface area contributed by atoms with Gasteiger partial charge in [0, 0.05) is 11.0 Å². The van der Waals surface area contributed by atoms with Crippen LogP contribution in [0.1, 0.15) is 26.3 Å². The van der Waals surface area contributed by atoms with Crippen molar-refractivity contribution in [1.82, 2.24) is 5.32 Å². The van der Waals surface area contributed by atoms with Gasteiger partial charge in [0.25, 0.3) is 5.91 Å². The highest BCUT2D eigenvalue weighted by Gasteiger charge is 2.10. The van der Waals surface area contributed by atoms with Gasteiger partial charge in [-0.2, -0.15) is 0 Å². The Morgan fingerprint density at radius 2 is 1.81 bits per heavy atom. The lowest BCUT2D eigenvalue weighted by atomic mass is 10.1. The zero-order valence-electron chi connectivity index (χ0n) is 10.8. The van der Waals surface area contributed by atoms with Crippen LogP contribution in [0.5, 0.6) is 0 Å². The molecule has 0 spiro atoms. The number of hydrogen-bond acceptors (Lipinski definition) is 2. The molecule has 108 valence electrons. The second kappa shape index (κ2) is 6.49. The third-order valence-electron chi connectivity index (χ3n) is 2.83. The van der Waals surface area contributed by atoms with E-state index in [1.807, 2.05) is 0 Å². The van der Waals surface area contributed by atoms with E-state index >= 15 is 0 Å². The maximum atomic E-state index is 13.0. The monoisotopic (exact) mass is 351 g/mol. The molecule has 21 heavy (non-hydrogen) atoms. The highest BCUT2D eigenvalue weighted by atomic mass is 79.9. The molecule has 0 fully saturated rings. The zero-order valence-corrected chi connectivity index (χ0v) is 12.4. The van der Waals surface area contributed by atoms with E-state index < -0.39 is 11.8 Å². The summed E-state index contributed by atoms with van der Waals surface area (Å²) in [5, 5.41) is 11.5. The smallest absolute Gasteiger partial charge is 0.335 e. The number of carboxylic acids is 1. The van der Waals surface area contributed by atoms with Crippen LogP contribution in [0.2, 0.25) is 0 Å². The Bertz CT molecular complexity index is 686. The largest absolute Gasteiger partial charge is 0.478 e. The van der Waals surface area contributed by atoms with Gasteiger partial charge in [0.15, 0.2) is 0 Å². The summed E-state index contributed by atoms with van der Waals surface area (Å²) in [6, 6.07) is 10.0. The third-order valence-corrected chi connectivity index (χ3v) is 3.49. The Morgan fingerprint density at radius 3 is 2.38 bits per heavy atom. The van der Waals surface area contributed by atoms with E-state index in [2.05, 4.69) is 21.2 Å². The number of benzene rings is 2. The van der Waals surface area contributed by atoms with Gasteiger partial charge >= 0.3 is 5.97 Å². The molecule has 0 aromatic heterocycles. The van der Waals surface area contributed by atoms with Crippen LogP contribution < -0.4 is 5.32 Å². The van der Waals surface area contributed by atoms with Crippen molar-refractivity contribution in [2.75, 3.05) is 0 Å². The van der Waals surface area contributed by atoms with Gasteiger partial charge in [0.05, 0.1) is 11.1 Å². The van der Waals surface area contributed by atoms with Gasteiger partial charge in [0.1, 0.15) is 5.82 Å². The quantitative estimate of drug-likeness (QED) is 0.888. The van der Waals surface area contributed by atoms with Crippen LogP contribution >= 0.6 is 15.9 Å². The van der Waals surface area contributed by atoms with Gasteiger partial charge in [-0.05, 0) is 51.8 Å². The Kier molecular flexibility index (Phi) is 4.70. The molecular formula is C15H11BrFNO3. The molecule has 0 saturated heterocycles. The molecule has 0 atom stereocenters. The van der Waals surface area contributed by atoms with Crippen molar-refractivity contribution >= 4 is 27.8 Å². The lowest BCUT2D eigenvalue weighted by Gasteiger charge is -2.07. The molecule has 0 saturated carbocycles. The van der Waals surface area contributed by atoms with Gasteiger partial charge in [0.2, 0.25) is 0 Å². The Morgan fingerprint density at radius 1 is 1.14 bits per heavy atom. The van der Waals surface area contributed by atoms with E-state index in [9.17, 15) is 14.0 Å². The van der Waals surface area contributed by atoms with Gasteiger partial charge in [-0.25, -0.2) is 9.18 Å². The third kappa shape index (κ3) is 3.88. The van der Waals surface area contributed by atoms with Crippen molar-refractivity contribution in [2.45, 2.75) is 6.54 Å². The minimum atomic E-state index is -0.999. The van der Waals surface area contributed by atoms with Crippen molar-refractivity contribution in [3.63, 3.8) is 0 Å². The average Bonchev–Trinajstić information content (AvgIpc) is 2.45. The number of carboxylic acid groups (broad SMARTS) is 1. The summed E-state index contributed by atoms with van der Waals surface area (Å²) in [6.45, 7) is 0.253. The van der Waals surface area contributed by atoms with Crippen LogP contribution in [0.25, 0.3) is 0 Å². The number of hydrogen-bond donors (Lipinski definition) is 2. The highest BCUT2D eigenvalue weighted by Crippen LogP contribution is 2.18. The van der Waals surface area contributed by atoms with E-state index in [1.165, 1.54) is 30.3 Å². The lowest BCUT2D eigenvalue weighted by Crippen LogP contribution is -2.23. The first-order valence-electron chi connectivity index (χ1n) is 6.03. The predicted octanol–water partition coefficient (Wildman–Crippen LogP) is 3.22. The zero-order chi connectivity index (χ0) is 15.4. The maximum Gasteiger partial charge on any atom is 0.335 e. The van der Waals surface area contributed by atoms with Gasteiger partial charge < -0.3 is 10.4 Å². The van der Waals surface area contributed by atoms with E-state index in [0.717, 1.165) is 5.56 Å². The number of carbonyl (C=O) groups excluding carboxylic acids is 1. The van der Waals surface area contributed by atoms with Crippen molar-refractivity contribution in [3.8, 4) is 0 Å². The van der Waals surface area contributed by atoms with E-state index in [0.29, 0.717) is 10.0 Å². The SMILES string of the molecule is O=C(O)c1ccc(CNC(=O)c2ccc(F)cc2Br)cc1. The molecule has 0 heterocycles. The first-order chi connectivity index (χ1) is 9.97. The van der Waals surface area contributed by atoms with Crippen LogP contribution in [-0.2, 0) is 6.54 Å². The van der Waals surface area contributed by atoms with Crippen LogP contribution in [0.3, 0.4) is 0 Å². The van der Waals surface area contributed by atoms with Gasteiger partial charge in [-0.3, -0.25) is 4.79 Å². The summed E-state index contributed by atoms with van der Waals surface area (Å²) < 4.78 is 13.3. The highest BCUT2D eigenvalue weighted by molar-refractivity contribution is 9.10. The number of amides is 1. The molecule has 0 aliphatic carbocycles. The summed E-state index contributed by atoms with van der Waals surface area (Å²) in [4.78, 5) is 22.7. The number of carbonyl (C=O) groups is 2. The molecule has 0 radical (unpaired) electrons. The second-order valence-electron chi connectivity index (χ2n) is 4.31. The standard InChI is InChI=1S/C15H11BrFNO3/c16-13-7-11(17)5-6-12(13)14(19)18-8-9-1-3-10(4-2-9)15(20)21/h1-7H,8H2,(H,18,19)(H,20,21). The molecule has 1 amide bonds. The molecule has 2 N–H and O–H groups in total. The van der Waals surface area contributed by atoms with Crippen LogP contribution in [-0.4, -0.2) is 17.0 Å². The van der Waals surface area contributed by atoms with Crippen molar-refractivity contribution in [1.29, 1.82) is 0 Å². The van der Waals surface area contributed by atoms with Crippen molar-refractivity contribution in [2.24, 2.45) is 0 Å². The summed E-state index contributed by atoms with van der Waals surface area (Å²) >= 11 is 3.13. The van der Waals surface area contributed by atoms with Crippen molar-refractivity contribution in [3.05, 3.63) is 69.4 Å². The molecule has 2 aromatic carbocycles. The summed E-state index contributed by atoms with van der Waals surface area (Å²) in [5.41, 5.74) is 1.29. The minimum absolute atomic E-state index is 0.186. The average molecular weight is 352 g/mol. The molecular weight excluding hydrogens is 341 g/mol. The molecule has 0 aliphatic rings. The van der Waals surface area contributed by atoms with Crippen LogP contribution in [0, 0.1) is 5.82 Å². The fourth-order valence-corrected chi connectivity index (χ4v) is 2.25. The van der Waals surface area contributed by atoms with Gasteiger partial charge in [-0.15, -0.1) is 0 Å². The predicted molar refractivity (Wildman–Crippen MR) is 78.7 cm³/mol. The first kappa shape index (κ1) is 15.2. The molecule has 4 nitrogen and oxygen atoms in total. The molecule has 0 bridgehead atoms. The minimum Gasteiger partial charge on any atom is -0.478 e. The lowest BCUT2D eigenvalue weighted by molar-refractivity contribution is 0.0696. The topological polar surface area (TPSA) is 66.4 Å². The molecule has 2 rings (SSSR count). The molecule has 6 heteroatoms. The number of halogens is 2. The van der Waals surface area contributed by atoms with Crippen LogP contribution in [0.15, 0.2) is 46.9 Å². The fraction of sp³-hybridized carbons (Fsp3) is 0.0667. The maximum absolute atomic E-state index is 13.0. The van der Waals surface area contributed by atoms with E-state index in [-0.39, 0.29) is 18.0 Å². The Balaban J connectivity index is 2.02. The first-order valence-corrected chi connectivity index (χ1v) is 6.82. The van der Waals surface area contributed by atoms with Crippen LogP contribution in [0.4, 0.5) is 4.39 Å². The molecule has 2 aromatic rings.